The van der Waals surface area contributed by atoms with Crippen molar-refractivity contribution in [2.75, 3.05) is 25.5 Å². The quantitative estimate of drug-likeness (QED) is 0.812. The Morgan fingerprint density at radius 1 is 1.45 bits per heavy atom. The third kappa shape index (κ3) is 4.98. The zero-order valence-corrected chi connectivity index (χ0v) is 13.2. The Kier molecular flexibility index (Phi) is 6.23. The van der Waals surface area contributed by atoms with Crippen LogP contribution in [0.4, 0.5) is 5.82 Å². The van der Waals surface area contributed by atoms with E-state index in [1.165, 1.54) is 0 Å². The van der Waals surface area contributed by atoms with Crippen molar-refractivity contribution in [3.8, 4) is 0 Å². The van der Waals surface area contributed by atoms with E-state index in [0.717, 1.165) is 13.0 Å². The fraction of sp³-hybridized carbons (Fsp3) is 0.571. The third-order valence-corrected chi connectivity index (χ3v) is 3.15. The minimum atomic E-state index is -0.430. The molecule has 0 aliphatic heterocycles. The number of methoxy groups -OCH3 is 1. The van der Waals surface area contributed by atoms with E-state index in [1.54, 1.807) is 19.2 Å². The summed E-state index contributed by atoms with van der Waals surface area (Å²) in [7, 11) is 1.60. The normalized spacial score (nSPS) is 11.2. The predicted molar refractivity (Wildman–Crippen MR) is 81.4 cm³/mol. The number of hydrogen-bond donors (Lipinski definition) is 2. The molecule has 2 N–H and O–H groups in total. The molecule has 0 saturated carbocycles. The highest BCUT2D eigenvalue weighted by Gasteiger charge is 2.20. The highest BCUT2D eigenvalue weighted by Crippen LogP contribution is 2.17. The van der Waals surface area contributed by atoms with Crippen LogP contribution in [0.15, 0.2) is 12.1 Å². The molecule has 1 heterocycles. The maximum atomic E-state index is 12.1. The van der Waals surface area contributed by atoms with Crippen LogP contribution in [0, 0.1) is 0 Å². The lowest BCUT2D eigenvalue weighted by atomic mass is 10.1. The van der Waals surface area contributed by atoms with Gasteiger partial charge >= 0.3 is 0 Å². The van der Waals surface area contributed by atoms with Gasteiger partial charge in [0.05, 0.1) is 10.6 Å². The summed E-state index contributed by atoms with van der Waals surface area (Å²) >= 11 is 6.03. The lowest BCUT2D eigenvalue weighted by Crippen LogP contribution is -2.40. The minimum absolute atomic E-state index is 0.222. The standard InChI is InChI=1S/C14H22ClN3O2/c1-5-8-16-11-7-6-10(15)12(18-11)13(19)17-9-14(2,3)20-4/h6-7H,5,8-9H2,1-4H3,(H,16,18)(H,17,19). The second-order valence-corrected chi connectivity index (χ2v) is 5.51. The van der Waals surface area contributed by atoms with Crippen LogP contribution in [0.2, 0.25) is 5.02 Å². The van der Waals surface area contributed by atoms with Gasteiger partial charge in [-0.2, -0.15) is 0 Å². The summed E-state index contributed by atoms with van der Waals surface area (Å²) in [6.45, 7) is 7.02. The summed E-state index contributed by atoms with van der Waals surface area (Å²) in [5, 5.41) is 6.23. The Labute approximate surface area is 125 Å². The maximum absolute atomic E-state index is 12.1. The molecule has 20 heavy (non-hydrogen) atoms. The molecule has 1 aromatic rings. The van der Waals surface area contributed by atoms with Gasteiger partial charge < -0.3 is 15.4 Å². The van der Waals surface area contributed by atoms with Crippen LogP contribution in [0.25, 0.3) is 0 Å². The molecule has 0 spiro atoms. The van der Waals surface area contributed by atoms with E-state index in [9.17, 15) is 4.79 Å². The van der Waals surface area contributed by atoms with Gasteiger partial charge in [-0.25, -0.2) is 4.98 Å². The number of hydrogen-bond acceptors (Lipinski definition) is 4. The molecule has 0 aliphatic rings. The number of pyridine rings is 1. The highest BCUT2D eigenvalue weighted by molar-refractivity contribution is 6.33. The first-order chi connectivity index (χ1) is 9.39. The van der Waals surface area contributed by atoms with Crippen LogP contribution < -0.4 is 10.6 Å². The molecule has 6 heteroatoms. The molecule has 1 amide bonds. The summed E-state index contributed by atoms with van der Waals surface area (Å²) in [5.41, 5.74) is -0.208. The van der Waals surface area contributed by atoms with Crippen molar-refractivity contribution >= 4 is 23.3 Å². The summed E-state index contributed by atoms with van der Waals surface area (Å²) in [6, 6.07) is 3.43. The van der Waals surface area contributed by atoms with E-state index >= 15 is 0 Å². The first kappa shape index (κ1) is 16.7. The predicted octanol–water partition coefficient (Wildman–Crippen LogP) is 2.71. The Bertz CT molecular complexity index is 464. The Hall–Kier alpha value is -1.33. The van der Waals surface area contributed by atoms with Crippen molar-refractivity contribution in [1.29, 1.82) is 0 Å². The molecule has 0 bridgehead atoms. The van der Waals surface area contributed by atoms with Gasteiger partial charge in [-0.1, -0.05) is 18.5 Å². The Morgan fingerprint density at radius 3 is 2.75 bits per heavy atom. The summed E-state index contributed by atoms with van der Waals surface area (Å²) < 4.78 is 5.25. The average Bonchev–Trinajstić information content (AvgIpc) is 2.44. The second kappa shape index (κ2) is 7.45. The molecule has 0 atom stereocenters. The summed E-state index contributed by atoms with van der Waals surface area (Å²) in [6.07, 6.45) is 0.980. The van der Waals surface area contributed by atoms with Gasteiger partial charge in [0.25, 0.3) is 5.91 Å². The number of halogens is 1. The molecular weight excluding hydrogens is 278 g/mol. The number of nitrogens with zero attached hydrogens (tertiary/aromatic N) is 1. The number of amides is 1. The zero-order valence-electron chi connectivity index (χ0n) is 12.4. The van der Waals surface area contributed by atoms with Crippen LogP contribution in [-0.4, -0.2) is 36.7 Å². The van der Waals surface area contributed by atoms with E-state index in [0.29, 0.717) is 17.4 Å². The molecule has 0 radical (unpaired) electrons. The van der Waals surface area contributed by atoms with E-state index in [1.807, 2.05) is 13.8 Å². The average molecular weight is 300 g/mol. The van der Waals surface area contributed by atoms with Gasteiger partial charge in [0, 0.05) is 20.2 Å². The second-order valence-electron chi connectivity index (χ2n) is 5.10. The van der Waals surface area contributed by atoms with Gasteiger partial charge in [0.15, 0.2) is 0 Å². The van der Waals surface area contributed by atoms with E-state index < -0.39 is 5.60 Å². The molecule has 0 aliphatic carbocycles. The SMILES string of the molecule is CCCNc1ccc(Cl)c(C(=O)NCC(C)(C)OC)n1. The number of carbonyl (C=O) groups excluding carboxylic acids is 1. The molecule has 112 valence electrons. The van der Waals surface area contributed by atoms with Crippen LogP contribution >= 0.6 is 11.6 Å². The highest BCUT2D eigenvalue weighted by atomic mass is 35.5. The maximum Gasteiger partial charge on any atom is 0.271 e. The van der Waals surface area contributed by atoms with Crippen molar-refractivity contribution < 1.29 is 9.53 Å². The number of aromatic nitrogens is 1. The zero-order chi connectivity index (χ0) is 15.2. The summed E-state index contributed by atoms with van der Waals surface area (Å²) in [5.74, 6) is 0.340. The number of carbonyl (C=O) groups is 1. The van der Waals surface area contributed by atoms with Crippen LogP contribution in [-0.2, 0) is 4.74 Å². The number of ether oxygens (including phenoxy) is 1. The molecule has 0 fully saturated rings. The van der Waals surface area contributed by atoms with Gasteiger partial charge in [-0.3, -0.25) is 4.79 Å². The smallest absolute Gasteiger partial charge is 0.271 e. The molecular formula is C14H22ClN3O2. The van der Waals surface area contributed by atoms with Crippen molar-refractivity contribution in [2.45, 2.75) is 32.8 Å². The lowest BCUT2D eigenvalue weighted by molar-refractivity contribution is 0.0228. The fourth-order valence-electron chi connectivity index (χ4n) is 1.40. The fourth-order valence-corrected chi connectivity index (χ4v) is 1.59. The third-order valence-electron chi connectivity index (χ3n) is 2.84. The first-order valence-electron chi connectivity index (χ1n) is 6.63. The lowest BCUT2D eigenvalue weighted by Gasteiger charge is -2.23. The van der Waals surface area contributed by atoms with E-state index in [4.69, 9.17) is 16.3 Å². The Balaban J connectivity index is 2.76. The Morgan fingerprint density at radius 2 is 2.15 bits per heavy atom. The molecule has 1 rings (SSSR count). The van der Waals surface area contributed by atoms with E-state index in [2.05, 4.69) is 22.5 Å². The van der Waals surface area contributed by atoms with Crippen LogP contribution in [0.5, 0.6) is 0 Å². The van der Waals surface area contributed by atoms with Crippen LogP contribution in [0.3, 0.4) is 0 Å². The molecule has 0 unspecified atom stereocenters. The van der Waals surface area contributed by atoms with Crippen molar-refractivity contribution in [1.82, 2.24) is 10.3 Å². The van der Waals surface area contributed by atoms with Crippen LogP contribution in [0.1, 0.15) is 37.7 Å². The molecule has 0 saturated heterocycles. The van der Waals surface area contributed by atoms with Crippen molar-refractivity contribution in [3.63, 3.8) is 0 Å². The van der Waals surface area contributed by atoms with Crippen molar-refractivity contribution in [3.05, 3.63) is 22.8 Å². The molecule has 1 aromatic heterocycles. The van der Waals surface area contributed by atoms with Crippen molar-refractivity contribution in [2.24, 2.45) is 0 Å². The minimum Gasteiger partial charge on any atom is -0.377 e. The monoisotopic (exact) mass is 299 g/mol. The number of rotatable bonds is 7. The summed E-state index contributed by atoms with van der Waals surface area (Å²) in [4.78, 5) is 16.4. The van der Waals surface area contributed by atoms with Gasteiger partial charge in [-0.05, 0) is 32.4 Å². The number of anilines is 1. The molecule has 5 nitrogen and oxygen atoms in total. The van der Waals surface area contributed by atoms with Gasteiger partial charge in [-0.15, -0.1) is 0 Å². The largest absolute Gasteiger partial charge is 0.377 e. The molecule has 0 aromatic carbocycles. The van der Waals surface area contributed by atoms with Gasteiger partial charge in [0.1, 0.15) is 11.5 Å². The van der Waals surface area contributed by atoms with E-state index in [-0.39, 0.29) is 11.6 Å². The van der Waals surface area contributed by atoms with Gasteiger partial charge in [0.2, 0.25) is 0 Å². The topological polar surface area (TPSA) is 63.2 Å². The first-order valence-corrected chi connectivity index (χ1v) is 7.01. The number of nitrogens with one attached hydrogen (secondary N) is 2.